The molecule has 8 heteroatoms. The first-order chi connectivity index (χ1) is 13.0. The summed E-state index contributed by atoms with van der Waals surface area (Å²) in [4.78, 5) is 18.3. The van der Waals surface area contributed by atoms with Gasteiger partial charge in [0.2, 0.25) is 0 Å². The predicted octanol–water partition coefficient (Wildman–Crippen LogP) is 5.39. The Morgan fingerprint density at radius 2 is 2.11 bits per heavy atom. The van der Waals surface area contributed by atoms with Crippen LogP contribution < -0.4 is 5.32 Å². The lowest BCUT2D eigenvalue weighted by molar-refractivity contribution is 0.103. The lowest BCUT2D eigenvalue weighted by Crippen LogP contribution is -2.10. The van der Waals surface area contributed by atoms with Gasteiger partial charge in [-0.1, -0.05) is 35.0 Å². The summed E-state index contributed by atoms with van der Waals surface area (Å²) in [6, 6.07) is 10.2. The molecule has 138 valence electrons. The fraction of sp³-hybridized carbons (Fsp3) is 0.158. The standard InChI is InChI=1S/C19H18N4OS3/c1-5-25-19(20-4)13-7-6-11(2)14(10-13)15-8-9-16(26-15)21-18(24)17-12(3)22-23-27-17/h5-10H,1H2,2-4H3,(H,21,24). The van der Waals surface area contributed by atoms with Gasteiger partial charge >= 0.3 is 0 Å². The van der Waals surface area contributed by atoms with Crippen LogP contribution in [0.3, 0.4) is 0 Å². The number of rotatable bonds is 5. The Morgan fingerprint density at radius 3 is 2.78 bits per heavy atom. The third kappa shape index (κ3) is 4.35. The first-order valence-corrected chi connectivity index (χ1v) is 10.6. The number of thiophene rings is 1. The van der Waals surface area contributed by atoms with Gasteiger partial charge in [0.1, 0.15) is 9.92 Å². The van der Waals surface area contributed by atoms with E-state index in [9.17, 15) is 4.79 Å². The van der Waals surface area contributed by atoms with Crippen molar-refractivity contribution in [3.05, 3.63) is 64.0 Å². The molecule has 0 aliphatic carbocycles. The minimum absolute atomic E-state index is 0.177. The van der Waals surface area contributed by atoms with E-state index < -0.39 is 0 Å². The zero-order valence-electron chi connectivity index (χ0n) is 15.1. The summed E-state index contributed by atoms with van der Waals surface area (Å²) in [6.45, 7) is 7.62. The Kier molecular flexibility index (Phi) is 6.20. The van der Waals surface area contributed by atoms with Crippen LogP contribution in [0, 0.1) is 13.8 Å². The molecular weight excluding hydrogens is 396 g/mol. The van der Waals surface area contributed by atoms with Crippen molar-refractivity contribution in [2.45, 2.75) is 13.8 Å². The van der Waals surface area contributed by atoms with Crippen LogP contribution in [0.15, 0.2) is 47.3 Å². The Balaban J connectivity index is 1.87. The number of carbonyl (C=O) groups is 1. The highest BCUT2D eigenvalue weighted by molar-refractivity contribution is 8.16. The van der Waals surface area contributed by atoms with Gasteiger partial charge in [-0.2, -0.15) is 0 Å². The lowest BCUT2D eigenvalue weighted by Gasteiger charge is -2.08. The molecule has 1 aromatic carbocycles. The number of carbonyl (C=O) groups excluding carboxylic acids is 1. The van der Waals surface area contributed by atoms with E-state index in [-0.39, 0.29) is 5.91 Å². The van der Waals surface area contributed by atoms with Crippen molar-refractivity contribution >= 4 is 50.6 Å². The average molecular weight is 415 g/mol. The summed E-state index contributed by atoms with van der Waals surface area (Å²) in [5.74, 6) is -0.177. The molecule has 0 bridgehead atoms. The third-order valence-corrected chi connectivity index (χ3v) is 6.52. The molecule has 0 fully saturated rings. The van der Waals surface area contributed by atoms with E-state index in [4.69, 9.17) is 0 Å². The summed E-state index contributed by atoms with van der Waals surface area (Å²) >= 11 is 4.14. The number of aromatic nitrogens is 2. The van der Waals surface area contributed by atoms with E-state index in [1.165, 1.54) is 28.7 Å². The Bertz CT molecular complexity index is 1020. The highest BCUT2D eigenvalue weighted by atomic mass is 32.2. The molecule has 1 N–H and O–H groups in total. The van der Waals surface area contributed by atoms with Crippen LogP contribution in [-0.2, 0) is 0 Å². The molecule has 3 aromatic rings. The van der Waals surface area contributed by atoms with Gasteiger partial charge in [-0.3, -0.25) is 9.79 Å². The number of nitrogens with one attached hydrogen (secondary N) is 1. The van der Waals surface area contributed by atoms with Crippen LogP contribution in [0.5, 0.6) is 0 Å². The van der Waals surface area contributed by atoms with Gasteiger partial charge in [-0.15, -0.1) is 16.4 Å². The highest BCUT2D eigenvalue weighted by Crippen LogP contribution is 2.35. The average Bonchev–Trinajstić information content (AvgIpc) is 3.29. The SMILES string of the molecule is C=CSC(=NC)c1ccc(C)c(-c2ccc(NC(=O)c3snnc3C)s2)c1. The van der Waals surface area contributed by atoms with Crippen LogP contribution >= 0.6 is 34.6 Å². The number of benzene rings is 1. The van der Waals surface area contributed by atoms with E-state index in [0.29, 0.717) is 10.6 Å². The zero-order valence-corrected chi connectivity index (χ0v) is 17.6. The molecule has 0 spiro atoms. The van der Waals surface area contributed by atoms with Crippen molar-refractivity contribution in [1.82, 2.24) is 9.59 Å². The lowest BCUT2D eigenvalue weighted by atomic mass is 10.0. The number of nitrogens with zero attached hydrogens (tertiary/aromatic N) is 3. The van der Waals surface area contributed by atoms with Crippen LogP contribution in [0.25, 0.3) is 10.4 Å². The number of hydrogen-bond donors (Lipinski definition) is 1. The molecule has 0 saturated carbocycles. The van der Waals surface area contributed by atoms with E-state index in [1.807, 2.05) is 12.1 Å². The van der Waals surface area contributed by atoms with Crippen molar-refractivity contribution in [2.24, 2.45) is 4.99 Å². The van der Waals surface area contributed by atoms with Gasteiger partial charge in [-0.05, 0) is 60.1 Å². The van der Waals surface area contributed by atoms with E-state index >= 15 is 0 Å². The third-order valence-electron chi connectivity index (χ3n) is 3.85. The number of hydrogen-bond acceptors (Lipinski definition) is 7. The maximum Gasteiger partial charge on any atom is 0.269 e. The van der Waals surface area contributed by atoms with Crippen LogP contribution in [-0.4, -0.2) is 27.6 Å². The Hall–Kier alpha value is -2.29. The quantitative estimate of drug-likeness (QED) is 0.449. The fourth-order valence-corrected chi connectivity index (χ4v) is 4.57. The minimum atomic E-state index is -0.177. The van der Waals surface area contributed by atoms with Crippen molar-refractivity contribution in [1.29, 1.82) is 0 Å². The highest BCUT2D eigenvalue weighted by Gasteiger charge is 2.15. The molecule has 3 rings (SSSR count). The Morgan fingerprint density at radius 1 is 1.30 bits per heavy atom. The minimum Gasteiger partial charge on any atom is -0.313 e. The maximum absolute atomic E-state index is 12.4. The number of amides is 1. The second-order valence-electron chi connectivity index (χ2n) is 5.65. The van der Waals surface area contributed by atoms with Crippen molar-refractivity contribution in [2.75, 3.05) is 12.4 Å². The summed E-state index contributed by atoms with van der Waals surface area (Å²) in [6.07, 6.45) is 0. The normalized spacial score (nSPS) is 11.4. The number of thioether (sulfide) groups is 1. The first kappa shape index (κ1) is 19.5. The summed E-state index contributed by atoms with van der Waals surface area (Å²) in [7, 11) is 1.78. The predicted molar refractivity (Wildman–Crippen MR) is 117 cm³/mol. The molecule has 27 heavy (non-hydrogen) atoms. The van der Waals surface area contributed by atoms with Gasteiger partial charge in [-0.25, -0.2) is 0 Å². The van der Waals surface area contributed by atoms with Crippen LogP contribution in [0.1, 0.15) is 26.5 Å². The van der Waals surface area contributed by atoms with Gasteiger partial charge < -0.3 is 5.32 Å². The molecule has 0 saturated heterocycles. The van der Waals surface area contributed by atoms with Gasteiger partial charge in [0, 0.05) is 17.5 Å². The van der Waals surface area contributed by atoms with Crippen LogP contribution in [0.4, 0.5) is 5.00 Å². The number of aryl methyl sites for hydroxylation is 2. The van der Waals surface area contributed by atoms with E-state index in [1.54, 1.807) is 19.4 Å². The summed E-state index contributed by atoms with van der Waals surface area (Å²) < 4.78 is 3.81. The van der Waals surface area contributed by atoms with Crippen molar-refractivity contribution < 1.29 is 4.79 Å². The molecule has 0 atom stereocenters. The second kappa shape index (κ2) is 8.60. The fourth-order valence-electron chi connectivity index (χ4n) is 2.51. The topological polar surface area (TPSA) is 67.2 Å². The smallest absolute Gasteiger partial charge is 0.269 e. The molecule has 2 heterocycles. The van der Waals surface area contributed by atoms with E-state index in [0.717, 1.165) is 37.6 Å². The summed E-state index contributed by atoms with van der Waals surface area (Å²) in [5, 5.41) is 10.3. The largest absolute Gasteiger partial charge is 0.313 e. The molecule has 2 aromatic heterocycles. The van der Waals surface area contributed by atoms with Crippen molar-refractivity contribution in [3.8, 4) is 10.4 Å². The molecular formula is C19H18N4OS3. The summed E-state index contributed by atoms with van der Waals surface area (Å²) in [5.41, 5.74) is 3.98. The van der Waals surface area contributed by atoms with Gasteiger partial charge in [0.05, 0.1) is 10.7 Å². The second-order valence-corrected chi connectivity index (χ2v) is 8.44. The molecule has 1 amide bonds. The number of aliphatic imine (C=N–C) groups is 1. The molecule has 0 unspecified atom stereocenters. The Labute approximate surface area is 170 Å². The molecule has 0 aliphatic heterocycles. The molecule has 5 nitrogen and oxygen atoms in total. The maximum atomic E-state index is 12.4. The van der Waals surface area contributed by atoms with Gasteiger partial charge in [0.15, 0.2) is 0 Å². The first-order valence-electron chi connectivity index (χ1n) is 8.09. The number of anilines is 1. The monoisotopic (exact) mass is 414 g/mol. The molecule has 0 radical (unpaired) electrons. The van der Waals surface area contributed by atoms with Crippen molar-refractivity contribution in [3.63, 3.8) is 0 Å². The molecule has 0 aliphatic rings. The van der Waals surface area contributed by atoms with Crippen LogP contribution in [0.2, 0.25) is 0 Å². The zero-order chi connectivity index (χ0) is 19.4. The van der Waals surface area contributed by atoms with E-state index in [2.05, 4.69) is 51.6 Å². The van der Waals surface area contributed by atoms with Gasteiger partial charge in [0.25, 0.3) is 5.91 Å².